The minimum Gasteiger partial charge on any atom is -0.478 e. The summed E-state index contributed by atoms with van der Waals surface area (Å²) in [7, 11) is -22.0. The van der Waals surface area contributed by atoms with Crippen molar-refractivity contribution in [2.75, 3.05) is 58.7 Å². The maximum absolute atomic E-state index is 13.5. The first-order valence-corrected chi connectivity index (χ1v) is 34.0. The van der Waals surface area contributed by atoms with E-state index >= 15 is 0 Å². The van der Waals surface area contributed by atoms with E-state index in [1.54, 1.807) is 60.5 Å². The van der Waals surface area contributed by atoms with Crippen molar-refractivity contribution >= 4 is 148 Å². The van der Waals surface area contributed by atoms with Crippen LogP contribution in [0.4, 0.5) is 41.1 Å². The molecule has 2 aromatic heterocycles. The molecule has 37 heteroatoms. The van der Waals surface area contributed by atoms with Crippen molar-refractivity contribution in [2.24, 2.45) is 4.99 Å². The van der Waals surface area contributed by atoms with Crippen molar-refractivity contribution in [2.45, 2.75) is 46.6 Å². The molecule has 89 heavy (non-hydrogen) atoms. The van der Waals surface area contributed by atoms with Gasteiger partial charge in [0, 0.05) is 44.4 Å². The number of hydrogen-bond acceptors (Lipinski definition) is 25. The highest BCUT2D eigenvalue weighted by Gasteiger charge is 2.44. The van der Waals surface area contributed by atoms with E-state index in [0.29, 0.717) is 23.7 Å². The van der Waals surface area contributed by atoms with E-state index in [9.17, 15) is 64.9 Å². The molecule has 464 valence electrons. The normalized spacial score (nSPS) is 15.7. The molecule has 4 heterocycles. The first-order chi connectivity index (χ1) is 41.8. The third kappa shape index (κ3) is 12.7. The van der Waals surface area contributed by atoms with Crippen molar-refractivity contribution in [3.63, 3.8) is 0 Å². The zero-order valence-corrected chi connectivity index (χ0v) is 51.4. The molecule has 0 amide bonds. The lowest BCUT2D eigenvalue weighted by Crippen LogP contribution is -2.46. The highest BCUT2D eigenvalue weighted by atomic mass is 35.5. The van der Waals surface area contributed by atoms with Crippen molar-refractivity contribution in [1.82, 2.24) is 34.9 Å². The molecule has 7 aromatic rings. The van der Waals surface area contributed by atoms with Crippen molar-refractivity contribution < 1.29 is 74.0 Å². The Balaban J connectivity index is 0.983. The molecule has 0 radical (unpaired) electrons. The van der Waals surface area contributed by atoms with Gasteiger partial charge in [-0.15, -0.1) is 0 Å². The lowest BCUT2D eigenvalue weighted by molar-refractivity contribution is 0.221. The fourth-order valence-electron chi connectivity index (χ4n) is 9.99. The summed E-state index contributed by atoms with van der Waals surface area (Å²) < 4.78 is 193. The number of aromatic nitrogens is 7. The zero-order chi connectivity index (χ0) is 63.9. The van der Waals surface area contributed by atoms with E-state index in [-0.39, 0.29) is 85.0 Å². The van der Waals surface area contributed by atoms with Crippen LogP contribution in [0.3, 0.4) is 0 Å². The van der Waals surface area contributed by atoms with Gasteiger partial charge in [0.25, 0.3) is 46.4 Å². The molecule has 11 rings (SSSR count). The number of nitrogens with one attached hydrogen (secondary N) is 3. The Kier molecular flexibility index (Phi) is 16.3. The monoisotopic (exact) mass is 1350 g/mol. The van der Waals surface area contributed by atoms with Gasteiger partial charge >= 0.3 is 10.1 Å². The molecule has 30 nitrogen and oxygen atoms in total. The second-order valence-electron chi connectivity index (χ2n) is 20.0. The van der Waals surface area contributed by atoms with Gasteiger partial charge in [-0.25, -0.2) is 9.98 Å². The molecule has 0 bridgehead atoms. The third-order valence-corrected chi connectivity index (χ3v) is 19.1. The quantitative estimate of drug-likeness (QED) is 0.0326. The second kappa shape index (κ2) is 23.2. The van der Waals surface area contributed by atoms with Gasteiger partial charge in [-0.2, -0.15) is 72.0 Å². The molecule has 0 saturated heterocycles. The summed E-state index contributed by atoms with van der Waals surface area (Å²) >= 11 is 14.0. The number of nitrogens with zero attached hydrogens (tertiary/aromatic N) is 10. The number of rotatable bonds is 18. The number of fused-ring (bicyclic) bond motifs is 6. The van der Waals surface area contributed by atoms with Crippen LogP contribution in [0.25, 0.3) is 44.1 Å². The first-order valence-electron chi connectivity index (χ1n) is 25.9. The van der Waals surface area contributed by atoms with Gasteiger partial charge in [0.15, 0.2) is 28.1 Å². The van der Waals surface area contributed by atoms with Gasteiger partial charge in [-0.1, -0.05) is 103 Å². The number of benzene rings is 6. The lowest BCUT2D eigenvalue weighted by Gasteiger charge is -2.37. The van der Waals surface area contributed by atoms with Crippen LogP contribution in [0.5, 0.6) is 5.75 Å². The second-order valence-corrected chi connectivity index (χ2v) is 27.8. The summed E-state index contributed by atoms with van der Waals surface area (Å²) in [4.78, 5) is 35.1. The summed E-state index contributed by atoms with van der Waals surface area (Å²) in [6.45, 7) is 1.87. The standard InChI is InChI=1S/C52H45Cl2N13O17S5/c1-4-21-66(2)52-64-49(57-32-16-15-26-10-6-8-12-29(26)45(32)87(74,75)76)62-50(65-52)59-34-20-18-31-41(47(34)89(80,81)82)84-43-37(54)38-42(36(53)39(43)56-31)83-40-30(55-38)17-19-33(46(40)88(77,78)79)58-48-60-35(61-51(63-48)67(3)22-23-85(68,69)70)24-27-14-13-25-9-5-7-11-28(25)44(27)86(71,72)73/h5-20,31,41,56H,4,21-24H2,1-3H3,(H,68,69,70)(H,71,72,73)(H,74,75,76)(H,77,78,79)(H,80,81,82)(H2,57,59,62,64,65). The predicted molar refractivity (Wildman–Crippen MR) is 325 cm³/mol. The van der Waals surface area contributed by atoms with Crippen LogP contribution in [0, 0.1) is 0 Å². The molecule has 2 aliphatic heterocycles. The highest BCUT2D eigenvalue weighted by Crippen LogP contribution is 2.51. The van der Waals surface area contributed by atoms with Gasteiger partial charge in [-0.05, 0) is 47.0 Å². The summed E-state index contributed by atoms with van der Waals surface area (Å²) in [5.41, 5.74) is -1.63. The van der Waals surface area contributed by atoms with Crippen molar-refractivity contribution in [3.05, 3.63) is 134 Å². The van der Waals surface area contributed by atoms with E-state index in [2.05, 4.69) is 55.8 Å². The Morgan fingerprint density at radius 1 is 0.652 bits per heavy atom. The molecule has 4 aliphatic rings. The Labute approximate surface area is 515 Å². The maximum atomic E-state index is 13.5. The van der Waals surface area contributed by atoms with Gasteiger partial charge in [0.2, 0.25) is 23.8 Å². The number of anilines is 6. The number of allylic oxidation sites excluding steroid dienone is 1. The van der Waals surface area contributed by atoms with Crippen molar-refractivity contribution in [1.29, 1.82) is 0 Å². The molecule has 8 N–H and O–H groups in total. The summed E-state index contributed by atoms with van der Waals surface area (Å²) in [6.07, 6.45) is 1.17. The Bertz CT molecular complexity index is 5180. The summed E-state index contributed by atoms with van der Waals surface area (Å²) in [6, 6.07) is 19.7. The Morgan fingerprint density at radius 2 is 1.27 bits per heavy atom. The smallest absolute Gasteiger partial charge is 0.300 e. The molecule has 2 aliphatic carbocycles. The summed E-state index contributed by atoms with van der Waals surface area (Å²) in [5.74, 6) is -3.50. The van der Waals surface area contributed by atoms with Gasteiger partial charge in [0.1, 0.15) is 47.5 Å². The maximum Gasteiger partial charge on any atom is 0.300 e. The molecular formula is C52H45Cl2N13O17S5. The molecule has 0 fully saturated rings. The molecular weight excluding hydrogens is 1310 g/mol. The fraction of sp³-hybridized carbons (Fsp3) is 0.192. The van der Waals surface area contributed by atoms with E-state index < -0.39 is 129 Å². The van der Waals surface area contributed by atoms with Crippen LogP contribution in [-0.4, -0.2) is 145 Å². The summed E-state index contributed by atoms with van der Waals surface area (Å²) in [5, 5.41) is 8.57. The predicted octanol–water partition coefficient (Wildman–Crippen LogP) is 6.72. The Morgan fingerprint density at radius 3 is 1.91 bits per heavy atom. The number of hydrogen-bond donors (Lipinski definition) is 8. The van der Waals surface area contributed by atoms with Gasteiger partial charge < -0.3 is 34.9 Å². The average Bonchev–Trinajstić information content (AvgIpc) is 0.798. The number of ether oxygens (including phenoxy) is 1. The third-order valence-electron chi connectivity index (χ3n) is 13.8. The zero-order valence-electron chi connectivity index (χ0n) is 45.8. The van der Waals surface area contributed by atoms with E-state index in [0.717, 1.165) is 6.07 Å². The molecule has 0 spiro atoms. The lowest BCUT2D eigenvalue weighted by atomic mass is 10.00. The average molecular weight is 1360 g/mol. The minimum atomic E-state index is -5.41. The van der Waals surface area contributed by atoms with E-state index in [1.807, 2.05) is 6.92 Å². The number of halogens is 2. The van der Waals surface area contributed by atoms with Crippen LogP contribution in [0.1, 0.15) is 24.7 Å². The van der Waals surface area contributed by atoms with Crippen LogP contribution in [-0.2, 0) is 57.0 Å². The SMILES string of the molecule is CCCN(C)c1nc(NC2=C(S(=O)(=O)O)C3Oc4c(c(Cl)c5oc6c(S(=O)(=O)O)c(=Nc7nc(Cc8ccc9ccccc9c8S(=O)(=O)O)nc(N(C)CCS(=O)(=O)O)n7)ccc-6nc5c4Cl)NC3C=C2)nc(Nc2ccc3ccccc3c2S(=O)(=O)O)n1. The molecule has 2 atom stereocenters. The van der Waals surface area contributed by atoms with Crippen LogP contribution in [0.2, 0.25) is 10.0 Å². The largest absolute Gasteiger partial charge is 0.478 e. The van der Waals surface area contributed by atoms with Gasteiger partial charge in [0.05, 0.1) is 28.5 Å². The molecule has 5 aromatic carbocycles. The van der Waals surface area contributed by atoms with E-state index in [4.69, 9.17) is 32.4 Å². The first kappa shape index (κ1) is 62.3. The highest BCUT2D eigenvalue weighted by molar-refractivity contribution is 7.90. The van der Waals surface area contributed by atoms with E-state index in [1.165, 1.54) is 54.4 Å². The van der Waals surface area contributed by atoms with Crippen LogP contribution < -0.4 is 35.8 Å². The molecule has 0 saturated carbocycles. The topological polar surface area (TPSA) is 439 Å². The fourth-order valence-corrected chi connectivity index (χ4v) is 14.5. The Hall–Kier alpha value is -8.33. The minimum absolute atomic E-state index is 0.00796. The van der Waals surface area contributed by atoms with Crippen LogP contribution in [0.15, 0.2) is 132 Å². The van der Waals surface area contributed by atoms with Crippen LogP contribution >= 0.6 is 23.2 Å². The van der Waals surface area contributed by atoms with Gasteiger partial charge in [-0.3, -0.25) is 22.8 Å². The van der Waals surface area contributed by atoms with Crippen molar-refractivity contribution in [3.8, 4) is 17.2 Å². The molecule has 2 unspecified atom stereocenters.